The molecule has 2 N–H and O–H groups in total. The largest absolute Gasteiger partial charge is 0.341 e. The highest BCUT2D eigenvalue weighted by Crippen LogP contribution is 2.23. The molecule has 0 saturated carbocycles. The molecule has 1 unspecified atom stereocenters. The van der Waals surface area contributed by atoms with Crippen molar-refractivity contribution in [1.82, 2.24) is 4.90 Å². The summed E-state index contributed by atoms with van der Waals surface area (Å²) in [7, 11) is 0. The highest BCUT2D eigenvalue weighted by atomic mass is 16.2. The molecule has 1 heterocycles. The van der Waals surface area contributed by atoms with Gasteiger partial charge < -0.3 is 10.6 Å². The van der Waals surface area contributed by atoms with Crippen LogP contribution < -0.4 is 5.73 Å². The van der Waals surface area contributed by atoms with Crippen LogP contribution in [-0.4, -0.2) is 29.9 Å². The molecule has 0 aromatic heterocycles. The van der Waals surface area contributed by atoms with E-state index in [0.29, 0.717) is 11.8 Å². The van der Waals surface area contributed by atoms with Crippen molar-refractivity contribution in [2.75, 3.05) is 13.1 Å². The zero-order valence-corrected chi connectivity index (χ0v) is 12.5. The predicted molar refractivity (Wildman–Crippen MR) is 76.2 cm³/mol. The fourth-order valence-electron chi connectivity index (χ4n) is 2.97. The lowest BCUT2D eigenvalue weighted by molar-refractivity contribution is -0.134. The maximum absolute atomic E-state index is 12.3. The van der Waals surface area contributed by atoms with Crippen molar-refractivity contribution in [2.45, 2.75) is 59.4 Å². The average Bonchev–Trinajstić information content (AvgIpc) is 2.26. The number of likely N-dealkylation sites (tertiary alicyclic amines) is 1. The van der Waals surface area contributed by atoms with Gasteiger partial charge in [0.2, 0.25) is 5.91 Å². The van der Waals surface area contributed by atoms with Crippen LogP contribution in [0.4, 0.5) is 0 Å². The highest BCUT2D eigenvalue weighted by Gasteiger charge is 2.27. The minimum atomic E-state index is -0.303. The van der Waals surface area contributed by atoms with E-state index in [1.54, 1.807) is 0 Å². The smallest absolute Gasteiger partial charge is 0.239 e. The molecule has 1 fully saturated rings. The lowest BCUT2D eigenvalue weighted by atomic mass is 9.89. The number of carbonyl (C=O) groups excluding carboxylic acids is 1. The highest BCUT2D eigenvalue weighted by molar-refractivity contribution is 5.81. The molecular formula is C15H30N2O. The van der Waals surface area contributed by atoms with Crippen molar-refractivity contribution < 1.29 is 4.79 Å². The quantitative estimate of drug-likeness (QED) is 0.820. The fraction of sp³-hybridized carbons (Fsp3) is 0.933. The first-order chi connectivity index (χ1) is 8.40. The maximum Gasteiger partial charge on any atom is 0.239 e. The molecular weight excluding hydrogens is 224 g/mol. The van der Waals surface area contributed by atoms with Crippen molar-refractivity contribution in [2.24, 2.45) is 23.5 Å². The van der Waals surface area contributed by atoms with E-state index in [1.807, 2.05) is 4.90 Å². The molecule has 0 aromatic rings. The molecule has 0 spiro atoms. The Labute approximate surface area is 112 Å². The molecule has 3 nitrogen and oxygen atoms in total. The van der Waals surface area contributed by atoms with E-state index in [2.05, 4.69) is 27.7 Å². The number of amides is 1. The van der Waals surface area contributed by atoms with E-state index in [4.69, 9.17) is 5.73 Å². The SMILES string of the molecule is CC(C)CC1CCCN(C(=O)[C@@H](N)CC(C)C)C1. The van der Waals surface area contributed by atoms with Crippen LogP contribution >= 0.6 is 0 Å². The van der Waals surface area contributed by atoms with Crippen LogP contribution in [0.1, 0.15) is 53.4 Å². The van der Waals surface area contributed by atoms with E-state index >= 15 is 0 Å². The molecule has 1 amide bonds. The second-order valence-electron chi connectivity index (χ2n) is 6.66. The topological polar surface area (TPSA) is 46.3 Å². The molecule has 106 valence electrons. The Kier molecular flexibility index (Phi) is 6.13. The van der Waals surface area contributed by atoms with Gasteiger partial charge in [0.05, 0.1) is 6.04 Å². The van der Waals surface area contributed by atoms with Gasteiger partial charge in [-0.1, -0.05) is 27.7 Å². The van der Waals surface area contributed by atoms with Crippen molar-refractivity contribution in [3.63, 3.8) is 0 Å². The third kappa shape index (κ3) is 4.97. The predicted octanol–water partition coefficient (Wildman–Crippen LogP) is 2.64. The lowest BCUT2D eigenvalue weighted by Crippen LogP contribution is -2.48. The van der Waals surface area contributed by atoms with Crippen LogP contribution in [0.15, 0.2) is 0 Å². The lowest BCUT2D eigenvalue weighted by Gasteiger charge is -2.35. The summed E-state index contributed by atoms with van der Waals surface area (Å²) >= 11 is 0. The van der Waals surface area contributed by atoms with E-state index < -0.39 is 0 Å². The Morgan fingerprint density at radius 3 is 2.50 bits per heavy atom. The van der Waals surface area contributed by atoms with Gasteiger partial charge in [0.1, 0.15) is 0 Å². The Bertz CT molecular complexity index is 263. The first kappa shape index (κ1) is 15.5. The van der Waals surface area contributed by atoms with Crippen LogP contribution in [-0.2, 0) is 4.79 Å². The fourth-order valence-corrected chi connectivity index (χ4v) is 2.97. The van der Waals surface area contributed by atoms with Gasteiger partial charge in [0.25, 0.3) is 0 Å². The van der Waals surface area contributed by atoms with Crippen LogP contribution in [0.2, 0.25) is 0 Å². The molecule has 1 rings (SSSR count). The Hall–Kier alpha value is -0.570. The normalized spacial score (nSPS) is 22.6. The number of hydrogen-bond donors (Lipinski definition) is 1. The summed E-state index contributed by atoms with van der Waals surface area (Å²) in [6.45, 7) is 10.6. The second-order valence-corrected chi connectivity index (χ2v) is 6.66. The van der Waals surface area contributed by atoms with Gasteiger partial charge in [-0.25, -0.2) is 0 Å². The Balaban J connectivity index is 2.47. The number of nitrogens with zero attached hydrogens (tertiary/aromatic N) is 1. The number of nitrogens with two attached hydrogens (primary N) is 1. The van der Waals surface area contributed by atoms with Crippen LogP contribution in [0.3, 0.4) is 0 Å². The first-order valence-electron chi connectivity index (χ1n) is 7.44. The van der Waals surface area contributed by atoms with E-state index in [1.165, 1.54) is 12.8 Å². The van der Waals surface area contributed by atoms with E-state index in [9.17, 15) is 4.79 Å². The van der Waals surface area contributed by atoms with Gasteiger partial charge in [-0.3, -0.25) is 4.79 Å². The van der Waals surface area contributed by atoms with Gasteiger partial charge in [0.15, 0.2) is 0 Å². The van der Waals surface area contributed by atoms with Crippen LogP contribution in [0.25, 0.3) is 0 Å². The van der Waals surface area contributed by atoms with Crippen LogP contribution in [0, 0.1) is 17.8 Å². The van der Waals surface area contributed by atoms with Crippen molar-refractivity contribution in [1.29, 1.82) is 0 Å². The van der Waals surface area contributed by atoms with Gasteiger partial charge >= 0.3 is 0 Å². The second kappa shape index (κ2) is 7.13. The van der Waals surface area contributed by atoms with Crippen molar-refractivity contribution >= 4 is 5.91 Å². The van der Waals surface area contributed by atoms with Gasteiger partial charge in [-0.15, -0.1) is 0 Å². The molecule has 2 atom stereocenters. The molecule has 0 aromatic carbocycles. The number of piperidine rings is 1. The Morgan fingerprint density at radius 2 is 1.94 bits per heavy atom. The minimum absolute atomic E-state index is 0.164. The summed E-state index contributed by atoms with van der Waals surface area (Å²) in [6.07, 6.45) is 4.42. The van der Waals surface area contributed by atoms with Crippen molar-refractivity contribution in [3.8, 4) is 0 Å². The first-order valence-corrected chi connectivity index (χ1v) is 7.44. The third-order valence-electron chi connectivity index (χ3n) is 3.68. The zero-order valence-electron chi connectivity index (χ0n) is 12.5. The van der Waals surface area contributed by atoms with Gasteiger partial charge in [0, 0.05) is 13.1 Å². The summed E-state index contributed by atoms with van der Waals surface area (Å²) in [4.78, 5) is 14.3. The molecule has 0 bridgehead atoms. The van der Waals surface area contributed by atoms with Gasteiger partial charge in [-0.2, -0.15) is 0 Å². The standard InChI is InChI=1S/C15H30N2O/c1-11(2)8-13-6-5-7-17(10-13)15(18)14(16)9-12(3)4/h11-14H,5-10,16H2,1-4H3/t13?,14-/m0/s1. The van der Waals surface area contributed by atoms with Gasteiger partial charge in [-0.05, 0) is 43.4 Å². The molecule has 1 aliphatic heterocycles. The van der Waals surface area contributed by atoms with Crippen LogP contribution in [0.5, 0.6) is 0 Å². The molecule has 0 aliphatic carbocycles. The summed E-state index contributed by atoms with van der Waals surface area (Å²) < 4.78 is 0. The minimum Gasteiger partial charge on any atom is -0.341 e. The maximum atomic E-state index is 12.3. The molecule has 1 saturated heterocycles. The molecule has 1 aliphatic rings. The number of hydrogen-bond acceptors (Lipinski definition) is 2. The monoisotopic (exact) mass is 254 g/mol. The zero-order chi connectivity index (χ0) is 13.7. The van der Waals surface area contributed by atoms with Crippen molar-refractivity contribution in [3.05, 3.63) is 0 Å². The molecule has 3 heteroatoms. The summed E-state index contributed by atoms with van der Waals surface area (Å²) in [5.74, 6) is 2.04. The summed E-state index contributed by atoms with van der Waals surface area (Å²) in [5.41, 5.74) is 6.00. The number of carbonyl (C=O) groups is 1. The third-order valence-corrected chi connectivity index (χ3v) is 3.68. The van der Waals surface area contributed by atoms with E-state index in [-0.39, 0.29) is 11.9 Å². The average molecular weight is 254 g/mol. The summed E-state index contributed by atoms with van der Waals surface area (Å²) in [6, 6.07) is -0.303. The molecule has 0 radical (unpaired) electrons. The molecule has 18 heavy (non-hydrogen) atoms. The Morgan fingerprint density at radius 1 is 1.28 bits per heavy atom. The van der Waals surface area contributed by atoms with E-state index in [0.717, 1.165) is 31.8 Å². The summed E-state index contributed by atoms with van der Waals surface area (Å²) in [5, 5.41) is 0. The number of rotatable bonds is 5.